The first-order valence-corrected chi connectivity index (χ1v) is 10.6. The van der Waals surface area contributed by atoms with Gasteiger partial charge < -0.3 is 20.0 Å². The van der Waals surface area contributed by atoms with Gasteiger partial charge in [0.05, 0.1) is 11.1 Å². The van der Waals surface area contributed by atoms with Crippen LogP contribution in [0.15, 0.2) is 39.9 Å². The lowest BCUT2D eigenvalue weighted by atomic mass is 9.84. The van der Waals surface area contributed by atoms with Crippen molar-refractivity contribution in [2.45, 2.75) is 39.0 Å². The number of rotatable bonds is 7. The molecule has 7 heteroatoms. The molecule has 7 nitrogen and oxygen atoms in total. The third-order valence-electron chi connectivity index (χ3n) is 5.76. The van der Waals surface area contributed by atoms with E-state index < -0.39 is 0 Å². The molecule has 0 radical (unpaired) electrons. The molecule has 0 unspecified atom stereocenters. The number of amides is 1. The molecule has 30 heavy (non-hydrogen) atoms. The maximum atomic E-state index is 12.7. The molecule has 1 heterocycles. The number of carbonyl (C=O) groups excluding carboxylic acids is 1. The minimum Gasteiger partial charge on any atom is -0.444 e. The number of aryl methyl sites for hydroxylation is 1. The van der Waals surface area contributed by atoms with Crippen molar-refractivity contribution >= 4 is 11.9 Å². The lowest BCUT2D eigenvalue weighted by molar-refractivity contribution is -0.138. The van der Waals surface area contributed by atoms with Gasteiger partial charge in [-0.15, -0.1) is 0 Å². The number of nitrogens with one attached hydrogen (secondary N) is 2. The standard InChI is InChI=1S/C23H33N5O2/c1-17-7-9-18(10-8-17)20-27-19(15-30-20)11-14-25-22(24-2)26-16-23(12-5-6-13-23)21(29)28(3)4/h7-10,15H,5-6,11-14,16H2,1-4H3,(H2,24,25,26). The first-order valence-electron chi connectivity index (χ1n) is 10.6. The second-order valence-corrected chi connectivity index (χ2v) is 8.30. The topological polar surface area (TPSA) is 82.8 Å². The lowest BCUT2D eigenvalue weighted by Crippen LogP contribution is -2.49. The molecule has 0 saturated heterocycles. The van der Waals surface area contributed by atoms with E-state index >= 15 is 0 Å². The summed E-state index contributed by atoms with van der Waals surface area (Å²) < 4.78 is 5.62. The summed E-state index contributed by atoms with van der Waals surface area (Å²) in [5, 5.41) is 6.67. The molecule has 0 aliphatic heterocycles. The van der Waals surface area contributed by atoms with Crippen molar-refractivity contribution < 1.29 is 9.21 Å². The fourth-order valence-corrected chi connectivity index (χ4v) is 4.03. The van der Waals surface area contributed by atoms with E-state index in [2.05, 4.69) is 39.7 Å². The van der Waals surface area contributed by atoms with E-state index in [4.69, 9.17) is 4.42 Å². The zero-order chi connectivity index (χ0) is 21.6. The Morgan fingerprint density at radius 1 is 1.20 bits per heavy atom. The summed E-state index contributed by atoms with van der Waals surface area (Å²) in [6.45, 7) is 3.34. The largest absolute Gasteiger partial charge is 0.444 e. The summed E-state index contributed by atoms with van der Waals surface area (Å²) in [6.07, 6.45) is 6.48. The Bertz CT molecular complexity index is 864. The second-order valence-electron chi connectivity index (χ2n) is 8.30. The molecule has 1 aliphatic rings. The quantitative estimate of drug-likeness (QED) is 0.541. The Kier molecular flexibility index (Phi) is 7.13. The Morgan fingerprint density at radius 3 is 2.53 bits per heavy atom. The number of oxazole rings is 1. The van der Waals surface area contributed by atoms with Crippen LogP contribution in [0.25, 0.3) is 11.5 Å². The van der Waals surface area contributed by atoms with Gasteiger partial charge in [-0.2, -0.15) is 0 Å². The predicted octanol–water partition coefficient (Wildman–Crippen LogP) is 3.01. The number of carbonyl (C=O) groups is 1. The summed E-state index contributed by atoms with van der Waals surface area (Å²) in [7, 11) is 5.41. The first-order chi connectivity index (χ1) is 14.4. The van der Waals surface area contributed by atoms with E-state index in [9.17, 15) is 4.79 Å². The minimum atomic E-state index is -0.323. The van der Waals surface area contributed by atoms with Crippen LogP contribution in [0, 0.1) is 12.3 Å². The van der Waals surface area contributed by atoms with E-state index in [0.717, 1.165) is 43.4 Å². The van der Waals surface area contributed by atoms with Crippen LogP contribution >= 0.6 is 0 Å². The predicted molar refractivity (Wildman–Crippen MR) is 119 cm³/mol. The zero-order valence-electron chi connectivity index (χ0n) is 18.5. The summed E-state index contributed by atoms with van der Waals surface area (Å²) in [5.74, 6) is 1.54. The average Bonchev–Trinajstić information content (AvgIpc) is 3.41. The van der Waals surface area contributed by atoms with Gasteiger partial charge in [-0.05, 0) is 31.9 Å². The van der Waals surface area contributed by atoms with Gasteiger partial charge in [-0.1, -0.05) is 30.5 Å². The molecule has 1 saturated carbocycles. The monoisotopic (exact) mass is 411 g/mol. The van der Waals surface area contributed by atoms with Crippen LogP contribution in [0.3, 0.4) is 0 Å². The second kappa shape index (κ2) is 9.78. The molecule has 1 aliphatic carbocycles. The molecule has 162 valence electrons. The highest BCUT2D eigenvalue weighted by atomic mass is 16.3. The SMILES string of the molecule is CN=C(NCCc1coc(-c2ccc(C)cc2)n1)NCC1(C(=O)N(C)C)CCCC1. The Balaban J connectivity index is 1.50. The molecule has 1 amide bonds. The van der Waals surface area contributed by atoms with Crippen LogP contribution in [0.5, 0.6) is 0 Å². The van der Waals surface area contributed by atoms with E-state index in [1.165, 1.54) is 5.56 Å². The van der Waals surface area contributed by atoms with Gasteiger partial charge in [0.1, 0.15) is 6.26 Å². The number of aliphatic imine (C=N–C) groups is 1. The number of aromatic nitrogens is 1. The van der Waals surface area contributed by atoms with E-state index in [-0.39, 0.29) is 11.3 Å². The summed E-state index contributed by atoms with van der Waals surface area (Å²) in [6, 6.07) is 8.13. The fourth-order valence-electron chi connectivity index (χ4n) is 4.03. The number of guanidine groups is 1. The number of nitrogens with zero attached hydrogens (tertiary/aromatic N) is 3. The molecule has 0 atom stereocenters. The highest BCUT2D eigenvalue weighted by Crippen LogP contribution is 2.38. The van der Waals surface area contributed by atoms with Gasteiger partial charge in [0, 0.05) is 46.2 Å². The van der Waals surface area contributed by atoms with Gasteiger partial charge >= 0.3 is 0 Å². The maximum absolute atomic E-state index is 12.7. The highest BCUT2D eigenvalue weighted by molar-refractivity contribution is 5.85. The van der Waals surface area contributed by atoms with Crippen LogP contribution < -0.4 is 10.6 Å². The molecule has 2 aromatic rings. The van der Waals surface area contributed by atoms with Crippen LogP contribution in [0.1, 0.15) is 36.9 Å². The summed E-state index contributed by atoms with van der Waals surface area (Å²) >= 11 is 0. The molecule has 2 N–H and O–H groups in total. The van der Waals surface area contributed by atoms with Crippen molar-refractivity contribution in [1.29, 1.82) is 0 Å². The van der Waals surface area contributed by atoms with Crippen molar-refractivity contribution in [3.63, 3.8) is 0 Å². The van der Waals surface area contributed by atoms with Crippen LogP contribution in [-0.2, 0) is 11.2 Å². The molecule has 0 spiro atoms. The fraction of sp³-hybridized carbons (Fsp3) is 0.522. The smallest absolute Gasteiger partial charge is 0.230 e. The van der Waals surface area contributed by atoms with E-state index in [1.54, 1.807) is 18.2 Å². The Hall–Kier alpha value is -2.83. The van der Waals surface area contributed by atoms with Crippen molar-refractivity contribution in [3.8, 4) is 11.5 Å². The molecule has 1 aromatic carbocycles. The normalized spacial score (nSPS) is 15.8. The Labute approximate surface area is 179 Å². The van der Waals surface area contributed by atoms with Crippen LogP contribution in [0.2, 0.25) is 0 Å². The molecule has 3 rings (SSSR count). The molecule has 1 aromatic heterocycles. The van der Waals surface area contributed by atoms with Crippen LogP contribution in [-0.4, -0.2) is 56.0 Å². The van der Waals surface area contributed by atoms with E-state index in [0.29, 0.717) is 24.9 Å². The van der Waals surface area contributed by atoms with Crippen molar-refractivity contribution in [3.05, 3.63) is 41.8 Å². The van der Waals surface area contributed by atoms with Crippen LogP contribution in [0.4, 0.5) is 0 Å². The Morgan fingerprint density at radius 2 is 1.90 bits per heavy atom. The third-order valence-corrected chi connectivity index (χ3v) is 5.76. The number of hydrogen-bond acceptors (Lipinski definition) is 4. The molecular formula is C23H33N5O2. The lowest BCUT2D eigenvalue weighted by Gasteiger charge is -2.31. The summed E-state index contributed by atoms with van der Waals surface area (Å²) in [4.78, 5) is 23.3. The molecular weight excluding hydrogens is 378 g/mol. The van der Waals surface area contributed by atoms with Gasteiger partial charge in [0.25, 0.3) is 0 Å². The van der Waals surface area contributed by atoms with Gasteiger partial charge in [-0.25, -0.2) is 4.98 Å². The average molecular weight is 412 g/mol. The van der Waals surface area contributed by atoms with Crippen molar-refractivity contribution in [2.24, 2.45) is 10.4 Å². The zero-order valence-corrected chi connectivity index (χ0v) is 18.5. The molecule has 1 fully saturated rings. The third kappa shape index (κ3) is 5.20. The number of hydrogen-bond donors (Lipinski definition) is 2. The highest BCUT2D eigenvalue weighted by Gasteiger charge is 2.42. The summed E-state index contributed by atoms with van der Waals surface area (Å²) in [5.41, 5.74) is 2.75. The molecule has 0 bridgehead atoms. The number of benzene rings is 1. The van der Waals surface area contributed by atoms with Gasteiger partial charge in [-0.3, -0.25) is 9.79 Å². The van der Waals surface area contributed by atoms with Crippen molar-refractivity contribution in [1.82, 2.24) is 20.5 Å². The first kappa shape index (κ1) is 21.9. The minimum absolute atomic E-state index is 0.203. The van der Waals surface area contributed by atoms with Crippen molar-refractivity contribution in [2.75, 3.05) is 34.2 Å². The maximum Gasteiger partial charge on any atom is 0.230 e. The van der Waals surface area contributed by atoms with E-state index in [1.807, 2.05) is 26.2 Å². The van der Waals surface area contributed by atoms with Gasteiger partial charge in [0.2, 0.25) is 11.8 Å². The van der Waals surface area contributed by atoms with Gasteiger partial charge in [0.15, 0.2) is 5.96 Å².